The summed E-state index contributed by atoms with van der Waals surface area (Å²) in [5, 5.41) is 0. The molecule has 0 spiro atoms. The van der Waals surface area contributed by atoms with Gasteiger partial charge in [0.1, 0.15) is 5.60 Å². The molecule has 4 nitrogen and oxygen atoms in total. The molecule has 0 N–H and O–H groups in total. The molecule has 98 valence electrons. The second-order valence-electron chi connectivity index (χ2n) is 5.61. The molecule has 0 aromatic heterocycles. The van der Waals surface area contributed by atoms with Gasteiger partial charge in [0.25, 0.3) is 0 Å². The summed E-state index contributed by atoms with van der Waals surface area (Å²) in [5.74, 6) is 0.494. The zero-order chi connectivity index (χ0) is 13.1. The minimum atomic E-state index is -0.446. The van der Waals surface area contributed by atoms with Crippen LogP contribution in [0.2, 0.25) is 0 Å². The van der Waals surface area contributed by atoms with Gasteiger partial charge in [0.05, 0.1) is 19.4 Å². The summed E-state index contributed by atoms with van der Waals surface area (Å²) in [4.78, 5) is 13.8. The highest BCUT2D eigenvalue weighted by Crippen LogP contribution is 2.25. The summed E-state index contributed by atoms with van der Waals surface area (Å²) in [5.41, 5.74) is -0.446. The van der Waals surface area contributed by atoms with Crippen molar-refractivity contribution in [3.05, 3.63) is 12.3 Å². The quantitative estimate of drug-likeness (QED) is 0.698. The van der Waals surface area contributed by atoms with Crippen LogP contribution in [0.4, 0.5) is 4.79 Å². The maximum absolute atomic E-state index is 12.0. The fourth-order valence-electron chi connectivity index (χ4n) is 1.97. The summed E-state index contributed by atoms with van der Waals surface area (Å²) < 4.78 is 10.3. The minimum absolute atomic E-state index is 0.0831. The highest BCUT2D eigenvalue weighted by atomic mass is 16.6. The van der Waals surface area contributed by atoms with Crippen molar-refractivity contribution in [1.29, 1.82) is 0 Å². The first-order valence-electron chi connectivity index (χ1n) is 6.02. The molecule has 0 aromatic rings. The van der Waals surface area contributed by atoms with Crippen molar-refractivity contribution >= 4 is 6.09 Å². The lowest BCUT2D eigenvalue weighted by molar-refractivity contribution is 0.0250. The number of likely N-dealkylation sites (tertiary alicyclic amines) is 1. The number of rotatable bonds is 2. The second kappa shape index (κ2) is 5.43. The van der Waals surface area contributed by atoms with E-state index in [0.29, 0.717) is 5.92 Å². The van der Waals surface area contributed by atoms with Crippen LogP contribution in [0.25, 0.3) is 0 Å². The van der Waals surface area contributed by atoms with E-state index in [1.807, 2.05) is 26.8 Å². The zero-order valence-corrected chi connectivity index (χ0v) is 11.4. The third-order valence-corrected chi connectivity index (χ3v) is 2.62. The Balaban J connectivity index is 2.66. The molecule has 0 aliphatic carbocycles. The summed E-state index contributed by atoms with van der Waals surface area (Å²) in [6.07, 6.45) is 4.25. The van der Waals surface area contributed by atoms with Gasteiger partial charge in [-0.05, 0) is 39.2 Å². The smallest absolute Gasteiger partial charge is 0.410 e. The molecule has 1 fully saturated rings. The molecule has 17 heavy (non-hydrogen) atoms. The first-order valence-corrected chi connectivity index (χ1v) is 6.02. The Morgan fingerprint density at radius 2 is 2.06 bits per heavy atom. The lowest BCUT2D eigenvalue weighted by Gasteiger charge is -2.27. The topological polar surface area (TPSA) is 38.8 Å². The molecule has 0 radical (unpaired) electrons. The SMILES string of the molecule is COC=CC1C[C@@H](C)CN1C(=O)OC(C)(C)C. The Bertz CT molecular complexity index is 294. The maximum atomic E-state index is 12.0. The molecular formula is C13H23NO3. The van der Waals surface area contributed by atoms with Gasteiger partial charge in [-0.15, -0.1) is 0 Å². The molecule has 1 heterocycles. The summed E-state index contributed by atoms with van der Waals surface area (Å²) in [6, 6.07) is 0.0831. The molecule has 0 aromatic carbocycles. The number of nitrogens with zero attached hydrogens (tertiary/aromatic N) is 1. The number of ether oxygens (including phenoxy) is 2. The van der Waals surface area contributed by atoms with E-state index in [4.69, 9.17) is 9.47 Å². The van der Waals surface area contributed by atoms with E-state index >= 15 is 0 Å². The van der Waals surface area contributed by atoms with Crippen molar-refractivity contribution in [3.63, 3.8) is 0 Å². The first-order chi connectivity index (χ1) is 7.83. The molecule has 1 aliphatic heterocycles. The highest BCUT2D eigenvalue weighted by molar-refractivity contribution is 5.69. The third-order valence-electron chi connectivity index (χ3n) is 2.62. The summed E-state index contributed by atoms with van der Waals surface area (Å²) in [6.45, 7) is 8.52. The molecule has 0 saturated carbocycles. The Hall–Kier alpha value is -1.19. The van der Waals surface area contributed by atoms with Crippen LogP contribution in [0.3, 0.4) is 0 Å². The number of methoxy groups -OCH3 is 1. The monoisotopic (exact) mass is 241 g/mol. The predicted molar refractivity (Wildman–Crippen MR) is 66.7 cm³/mol. The van der Waals surface area contributed by atoms with Crippen molar-refractivity contribution in [2.75, 3.05) is 13.7 Å². The second-order valence-corrected chi connectivity index (χ2v) is 5.61. The van der Waals surface area contributed by atoms with E-state index in [1.165, 1.54) is 0 Å². The van der Waals surface area contributed by atoms with Gasteiger partial charge < -0.3 is 14.4 Å². The Morgan fingerprint density at radius 1 is 1.41 bits per heavy atom. The first kappa shape index (κ1) is 13.9. The largest absolute Gasteiger partial charge is 0.505 e. The van der Waals surface area contributed by atoms with Crippen molar-refractivity contribution in [1.82, 2.24) is 4.90 Å². The molecule has 1 aliphatic rings. The average molecular weight is 241 g/mol. The number of hydrogen-bond acceptors (Lipinski definition) is 3. The Labute approximate surface area is 104 Å². The average Bonchev–Trinajstić information content (AvgIpc) is 2.54. The van der Waals surface area contributed by atoms with Crippen LogP contribution >= 0.6 is 0 Å². The van der Waals surface area contributed by atoms with Gasteiger partial charge >= 0.3 is 6.09 Å². The van der Waals surface area contributed by atoms with Gasteiger partial charge in [-0.2, -0.15) is 0 Å². The zero-order valence-electron chi connectivity index (χ0n) is 11.4. The number of carbonyl (C=O) groups excluding carboxylic acids is 1. The van der Waals surface area contributed by atoms with Crippen molar-refractivity contribution in [2.45, 2.75) is 45.8 Å². The molecule has 1 amide bonds. The van der Waals surface area contributed by atoms with E-state index in [9.17, 15) is 4.79 Å². The molecule has 4 heteroatoms. The number of hydrogen-bond donors (Lipinski definition) is 0. The van der Waals surface area contributed by atoms with Gasteiger partial charge in [-0.25, -0.2) is 4.79 Å². The van der Waals surface area contributed by atoms with E-state index in [1.54, 1.807) is 18.3 Å². The molecule has 0 bridgehead atoms. The van der Waals surface area contributed by atoms with E-state index in [0.717, 1.165) is 13.0 Å². The molecule has 1 saturated heterocycles. The summed E-state index contributed by atoms with van der Waals surface area (Å²) >= 11 is 0. The van der Waals surface area contributed by atoms with E-state index in [-0.39, 0.29) is 12.1 Å². The van der Waals surface area contributed by atoms with Crippen molar-refractivity contribution in [3.8, 4) is 0 Å². The van der Waals surface area contributed by atoms with E-state index < -0.39 is 5.60 Å². The van der Waals surface area contributed by atoms with Gasteiger partial charge in [0.15, 0.2) is 0 Å². The lowest BCUT2D eigenvalue weighted by Crippen LogP contribution is -2.39. The van der Waals surface area contributed by atoms with Gasteiger partial charge in [0.2, 0.25) is 0 Å². The van der Waals surface area contributed by atoms with Crippen LogP contribution in [-0.2, 0) is 9.47 Å². The fourth-order valence-corrected chi connectivity index (χ4v) is 1.97. The van der Waals surface area contributed by atoms with Gasteiger partial charge in [-0.1, -0.05) is 6.92 Å². The Kier molecular flexibility index (Phi) is 4.43. The van der Waals surface area contributed by atoms with Crippen LogP contribution in [0.1, 0.15) is 34.1 Å². The van der Waals surface area contributed by atoms with Crippen LogP contribution in [-0.4, -0.2) is 36.3 Å². The number of carbonyl (C=O) groups is 1. The Morgan fingerprint density at radius 3 is 2.59 bits per heavy atom. The fraction of sp³-hybridized carbons (Fsp3) is 0.769. The van der Waals surface area contributed by atoms with Crippen LogP contribution in [0.15, 0.2) is 12.3 Å². The molecule has 1 unspecified atom stereocenters. The number of amides is 1. The predicted octanol–water partition coefficient (Wildman–Crippen LogP) is 2.79. The molecule has 2 atom stereocenters. The van der Waals surface area contributed by atoms with Crippen molar-refractivity contribution in [2.24, 2.45) is 5.92 Å². The minimum Gasteiger partial charge on any atom is -0.505 e. The van der Waals surface area contributed by atoms with E-state index in [2.05, 4.69) is 6.92 Å². The maximum Gasteiger partial charge on any atom is 0.410 e. The lowest BCUT2D eigenvalue weighted by atomic mass is 10.1. The normalized spacial score (nSPS) is 25.4. The van der Waals surface area contributed by atoms with Crippen LogP contribution in [0, 0.1) is 5.92 Å². The van der Waals surface area contributed by atoms with Gasteiger partial charge in [-0.3, -0.25) is 0 Å². The highest BCUT2D eigenvalue weighted by Gasteiger charge is 2.34. The molecule has 1 rings (SSSR count). The standard InChI is InChI=1S/C13H23NO3/c1-10-8-11(6-7-16-5)14(9-10)12(15)17-13(2,3)4/h6-7,10-11H,8-9H2,1-5H3/t10-,11?/m1/s1. The van der Waals surface area contributed by atoms with Crippen molar-refractivity contribution < 1.29 is 14.3 Å². The van der Waals surface area contributed by atoms with Crippen LogP contribution < -0.4 is 0 Å². The third kappa shape index (κ3) is 4.29. The van der Waals surface area contributed by atoms with Gasteiger partial charge in [0, 0.05) is 6.54 Å². The molecular weight excluding hydrogens is 218 g/mol. The van der Waals surface area contributed by atoms with Crippen LogP contribution in [0.5, 0.6) is 0 Å². The summed E-state index contributed by atoms with van der Waals surface area (Å²) in [7, 11) is 1.60.